The Morgan fingerprint density at radius 3 is 2.80 bits per heavy atom. The van der Waals surface area contributed by atoms with Crippen LogP contribution in [-0.2, 0) is 22.8 Å². The van der Waals surface area contributed by atoms with E-state index in [2.05, 4.69) is 4.98 Å². The van der Waals surface area contributed by atoms with Crippen molar-refractivity contribution in [3.63, 3.8) is 0 Å². The van der Waals surface area contributed by atoms with Crippen LogP contribution in [-0.4, -0.2) is 35.4 Å². The quantitative estimate of drug-likeness (QED) is 0.768. The number of imidazole rings is 1. The van der Waals surface area contributed by atoms with Crippen LogP contribution in [0, 0.1) is 5.82 Å². The van der Waals surface area contributed by atoms with E-state index < -0.39 is 9.84 Å². The van der Waals surface area contributed by atoms with E-state index in [-0.39, 0.29) is 17.3 Å². The molecule has 20 heavy (non-hydrogen) atoms. The first-order valence-corrected chi connectivity index (χ1v) is 8.73. The number of alkyl halides is 1. The van der Waals surface area contributed by atoms with Gasteiger partial charge in [0.1, 0.15) is 11.6 Å². The highest BCUT2D eigenvalue weighted by Gasteiger charge is 2.14. The van der Waals surface area contributed by atoms with Gasteiger partial charge in [-0.25, -0.2) is 17.8 Å². The fourth-order valence-corrected chi connectivity index (χ4v) is 2.97. The molecule has 0 radical (unpaired) electrons. The molecule has 0 aliphatic carbocycles. The lowest BCUT2D eigenvalue weighted by Gasteiger charge is -2.08. The molecule has 0 atom stereocenters. The minimum absolute atomic E-state index is 0.0433. The van der Waals surface area contributed by atoms with Crippen molar-refractivity contribution in [2.45, 2.75) is 19.9 Å². The molecule has 0 saturated carbocycles. The summed E-state index contributed by atoms with van der Waals surface area (Å²) in [5.74, 6) is 0.861. The molecule has 0 amide bonds. The zero-order valence-electron chi connectivity index (χ0n) is 11.1. The maximum Gasteiger partial charge on any atom is 0.151 e. The zero-order chi connectivity index (χ0) is 14.8. The highest BCUT2D eigenvalue weighted by molar-refractivity contribution is 7.91. The third-order valence-electron chi connectivity index (χ3n) is 3.17. The van der Waals surface area contributed by atoms with Crippen LogP contribution in [0.15, 0.2) is 18.2 Å². The number of aryl methyl sites for hydroxylation is 2. The average Bonchev–Trinajstić information content (AvgIpc) is 2.73. The second-order valence-corrected chi connectivity index (χ2v) is 7.34. The largest absolute Gasteiger partial charge is 0.327 e. The Labute approximate surface area is 122 Å². The van der Waals surface area contributed by atoms with Crippen LogP contribution in [0.4, 0.5) is 4.39 Å². The van der Waals surface area contributed by atoms with Crippen LogP contribution in [0.1, 0.15) is 12.7 Å². The van der Waals surface area contributed by atoms with Crippen LogP contribution in [0.5, 0.6) is 0 Å². The van der Waals surface area contributed by atoms with Crippen molar-refractivity contribution < 1.29 is 12.8 Å². The molecule has 0 fully saturated rings. The number of hydrogen-bond donors (Lipinski definition) is 0. The molecule has 0 saturated heterocycles. The second-order valence-electron chi connectivity index (χ2n) is 4.49. The Bertz CT molecular complexity index is 712. The van der Waals surface area contributed by atoms with E-state index in [1.165, 1.54) is 12.1 Å². The van der Waals surface area contributed by atoms with Crippen molar-refractivity contribution in [3.8, 4) is 0 Å². The van der Waals surface area contributed by atoms with Crippen molar-refractivity contribution in [1.29, 1.82) is 0 Å². The fraction of sp³-hybridized carbons (Fsp3) is 0.462. The van der Waals surface area contributed by atoms with Crippen molar-refractivity contribution in [1.82, 2.24) is 9.55 Å². The number of halogens is 2. The molecule has 110 valence electrons. The van der Waals surface area contributed by atoms with Crippen molar-refractivity contribution in [2.24, 2.45) is 0 Å². The van der Waals surface area contributed by atoms with Gasteiger partial charge in [-0.1, -0.05) is 6.92 Å². The molecule has 0 spiro atoms. The molecule has 1 aromatic carbocycles. The highest BCUT2D eigenvalue weighted by Crippen LogP contribution is 2.18. The summed E-state index contributed by atoms with van der Waals surface area (Å²) in [4.78, 5) is 4.33. The van der Waals surface area contributed by atoms with Gasteiger partial charge >= 0.3 is 0 Å². The Kier molecular flexibility index (Phi) is 4.65. The summed E-state index contributed by atoms with van der Waals surface area (Å²) in [6.45, 7) is 1.93. The van der Waals surface area contributed by atoms with Gasteiger partial charge in [-0.2, -0.15) is 0 Å². The Morgan fingerprint density at radius 1 is 1.40 bits per heavy atom. The average molecular weight is 319 g/mol. The lowest BCUT2D eigenvalue weighted by atomic mass is 10.3. The summed E-state index contributed by atoms with van der Waals surface area (Å²) in [6, 6.07) is 4.31. The third kappa shape index (κ3) is 3.30. The van der Waals surface area contributed by atoms with E-state index in [4.69, 9.17) is 11.6 Å². The number of fused-ring (bicyclic) bond motifs is 1. The molecule has 0 aliphatic heterocycles. The standard InChI is InChI=1S/C13H16ClFN2O2S/c1-2-20(18,19)8-7-17-12-4-3-10(15)9-11(12)16-13(17)5-6-14/h3-4,9H,2,5-8H2,1H3. The van der Waals surface area contributed by atoms with E-state index >= 15 is 0 Å². The molecular formula is C13H16ClFN2O2S. The van der Waals surface area contributed by atoms with Gasteiger partial charge in [-0.05, 0) is 12.1 Å². The Hall–Kier alpha value is -1.14. The van der Waals surface area contributed by atoms with E-state index in [0.717, 1.165) is 5.52 Å². The first-order valence-electron chi connectivity index (χ1n) is 6.38. The molecule has 7 heteroatoms. The molecule has 0 unspecified atom stereocenters. The maximum atomic E-state index is 13.2. The number of aromatic nitrogens is 2. The molecule has 0 bridgehead atoms. The lowest BCUT2D eigenvalue weighted by molar-refractivity contribution is 0.589. The number of hydrogen-bond acceptors (Lipinski definition) is 3. The second kappa shape index (κ2) is 6.10. The molecule has 1 aromatic heterocycles. The zero-order valence-corrected chi connectivity index (χ0v) is 12.7. The monoisotopic (exact) mass is 318 g/mol. The molecule has 0 N–H and O–H groups in total. The van der Waals surface area contributed by atoms with E-state index in [1.54, 1.807) is 13.0 Å². The molecule has 0 aliphatic rings. The molecule has 4 nitrogen and oxygen atoms in total. The van der Waals surface area contributed by atoms with Crippen LogP contribution in [0.3, 0.4) is 0 Å². The fourth-order valence-electron chi connectivity index (χ4n) is 2.05. The molecule has 2 aromatic rings. The van der Waals surface area contributed by atoms with Gasteiger partial charge in [0.05, 0.1) is 16.8 Å². The summed E-state index contributed by atoms with van der Waals surface area (Å²) < 4.78 is 38.3. The van der Waals surface area contributed by atoms with Gasteiger partial charge < -0.3 is 4.57 Å². The minimum Gasteiger partial charge on any atom is -0.327 e. The minimum atomic E-state index is -3.06. The summed E-state index contributed by atoms with van der Waals surface area (Å²) in [5, 5.41) is 0. The summed E-state index contributed by atoms with van der Waals surface area (Å²) >= 11 is 5.74. The van der Waals surface area contributed by atoms with Gasteiger partial charge in [0.2, 0.25) is 0 Å². The maximum absolute atomic E-state index is 13.2. The number of rotatable bonds is 6. The summed E-state index contributed by atoms with van der Waals surface area (Å²) in [6.07, 6.45) is 0.518. The molecule has 2 rings (SSSR count). The van der Waals surface area contributed by atoms with E-state index in [0.29, 0.717) is 30.2 Å². The van der Waals surface area contributed by atoms with Crippen LogP contribution in [0.2, 0.25) is 0 Å². The van der Waals surface area contributed by atoms with Gasteiger partial charge in [-0.3, -0.25) is 0 Å². The van der Waals surface area contributed by atoms with Crippen molar-refractivity contribution in [3.05, 3.63) is 29.8 Å². The van der Waals surface area contributed by atoms with Crippen LogP contribution >= 0.6 is 11.6 Å². The SMILES string of the molecule is CCS(=O)(=O)CCn1c(CCCl)nc2cc(F)ccc21. The number of nitrogens with zero attached hydrogens (tertiary/aromatic N) is 2. The topological polar surface area (TPSA) is 52.0 Å². The summed E-state index contributed by atoms with van der Waals surface area (Å²) in [5.41, 5.74) is 1.26. The highest BCUT2D eigenvalue weighted by atomic mass is 35.5. The number of benzene rings is 1. The van der Waals surface area contributed by atoms with E-state index in [1.807, 2.05) is 4.57 Å². The Morgan fingerprint density at radius 2 is 2.15 bits per heavy atom. The van der Waals surface area contributed by atoms with Crippen LogP contribution in [0.25, 0.3) is 11.0 Å². The number of sulfone groups is 1. The van der Waals surface area contributed by atoms with Gasteiger partial charge in [-0.15, -0.1) is 11.6 Å². The lowest BCUT2D eigenvalue weighted by Crippen LogP contribution is -2.16. The normalized spacial score (nSPS) is 12.2. The summed E-state index contributed by atoms with van der Waals surface area (Å²) in [7, 11) is -3.06. The van der Waals surface area contributed by atoms with Crippen molar-refractivity contribution in [2.75, 3.05) is 17.4 Å². The molecule has 1 heterocycles. The first-order chi connectivity index (χ1) is 9.46. The third-order valence-corrected chi connectivity index (χ3v) is 5.05. The smallest absolute Gasteiger partial charge is 0.151 e. The van der Waals surface area contributed by atoms with E-state index in [9.17, 15) is 12.8 Å². The Balaban J connectivity index is 2.41. The van der Waals surface area contributed by atoms with Gasteiger partial charge in [0.25, 0.3) is 0 Å². The van der Waals surface area contributed by atoms with Crippen LogP contribution < -0.4 is 0 Å². The van der Waals surface area contributed by atoms with Gasteiger partial charge in [0, 0.05) is 30.7 Å². The first kappa shape index (κ1) is 15.3. The molecular weight excluding hydrogens is 303 g/mol. The van der Waals surface area contributed by atoms with Crippen molar-refractivity contribution >= 4 is 32.5 Å². The predicted octanol–water partition coefficient (Wildman–Crippen LogP) is 2.39. The predicted molar refractivity (Wildman–Crippen MR) is 78.4 cm³/mol. The van der Waals surface area contributed by atoms with Gasteiger partial charge in [0.15, 0.2) is 9.84 Å².